The van der Waals surface area contributed by atoms with Gasteiger partial charge < -0.3 is 5.11 Å². The van der Waals surface area contributed by atoms with Crippen LogP contribution in [-0.2, 0) is 0 Å². The summed E-state index contributed by atoms with van der Waals surface area (Å²) in [5.74, 6) is 3.82. The Labute approximate surface area is 86.9 Å². The Bertz CT molecular complexity index is 209. The summed E-state index contributed by atoms with van der Waals surface area (Å²) in [4.78, 5) is 0. The monoisotopic (exact) mass is 194 g/mol. The highest BCUT2D eigenvalue weighted by Crippen LogP contribution is 2.50. The van der Waals surface area contributed by atoms with E-state index in [0.717, 1.165) is 36.5 Å². The van der Waals surface area contributed by atoms with E-state index in [1.807, 2.05) is 0 Å². The molecule has 0 aromatic carbocycles. The molecular weight excluding hydrogens is 172 g/mol. The minimum absolute atomic E-state index is 0.0341. The predicted molar refractivity (Wildman–Crippen MR) is 56.9 cm³/mol. The SMILES string of the molecule is OC(CC1CC1)CC1CC2CCC1C2. The quantitative estimate of drug-likeness (QED) is 0.729. The molecule has 14 heavy (non-hydrogen) atoms. The zero-order valence-corrected chi connectivity index (χ0v) is 8.99. The second-order valence-electron chi connectivity index (χ2n) is 6.00. The highest BCUT2D eigenvalue weighted by atomic mass is 16.3. The number of aliphatic hydroxyl groups is 1. The largest absolute Gasteiger partial charge is 0.393 e. The van der Waals surface area contributed by atoms with E-state index < -0.39 is 0 Å². The van der Waals surface area contributed by atoms with Crippen molar-refractivity contribution in [1.29, 1.82) is 0 Å². The molecule has 1 N–H and O–H groups in total. The highest BCUT2D eigenvalue weighted by molar-refractivity contribution is 4.91. The van der Waals surface area contributed by atoms with Crippen LogP contribution in [0.2, 0.25) is 0 Å². The third-order valence-corrected chi connectivity index (χ3v) is 4.76. The summed E-state index contributed by atoms with van der Waals surface area (Å²) in [6, 6.07) is 0. The van der Waals surface area contributed by atoms with Crippen LogP contribution >= 0.6 is 0 Å². The molecular formula is C13H22O. The topological polar surface area (TPSA) is 20.2 Å². The molecule has 4 unspecified atom stereocenters. The summed E-state index contributed by atoms with van der Waals surface area (Å²) in [7, 11) is 0. The molecule has 3 fully saturated rings. The van der Waals surface area contributed by atoms with E-state index in [0.29, 0.717) is 0 Å². The van der Waals surface area contributed by atoms with Crippen LogP contribution < -0.4 is 0 Å². The lowest BCUT2D eigenvalue weighted by Crippen LogP contribution is -2.18. The van der Waals surface area contributed by atoms with Gasteiger partial charge in [0, 0.05) is 0 Å². The molecule has 80 valence electrons. The van der Waals surface area contributed by atoms with Crippen molar-refractivity contribution in [3.8, 4) is 0 Å². The fourth-order valence-electron chi connectivity index (χ4n) is 3.85. The standard InChI is InChI=1S/C13H22O/c14-13(7-9-1-2-9)8-12-6-10-3-4-11(12)5-10/h9-14H,1-8H2. The molecule has 3 rings (SSSR count). The van der Waals surface area contributed by atoms with Gasteiger partial charge in [0.1, 0.15) is 0 Å². The minimum atomic E-state index is 0.0341. The van der Waals surface area contributed by atoms with E-state index in [1.165, 1.54) is 38.5 Å². The molecule has 3 aliphatic rings. The number of aliphatic hydroxyl groups excluding tert-OH is 1. The summed E-state index contributed by atoms with van der Waals surface area (Å²) in [5.41, 5.74) is 0. The Morgan fingerprint density at radius 3 is 2.43 bits per heavy atom. The number of fused-ring (bicyclic) bond motifs is 2. The van der Waals surface area contributed by atoms with Crippen LogP contribution in [0, 0.1) is 23.7 Å². The van der Waals surface area contributed by atoms with Crippen molar-refractivity contribution in [2.75, 3.05) is 0 Å². The molecule has 1 nitrogen and oxygen atoms in total. The molecule has 0 aromatic rings. The fourth-order valence-corrected chi connectivity index (χ4v) is 3.85. The minimum Gasteiger partial charge on any atom is -0.393 e. The Kier molecular flexibility index (Phi) is 2.31. The van der Waals surface area contributed by atoms with Gasteiger partial charge >= 0.3 is 0 Å². The van der Waals surface area contributed by atoms with E-state index in [9.17, 15) is 5.11 Å². The summed E-state index contributed by atoms with van der Waals surface area (Å²) >= 11 is 0. The van der Waals surface area contributed by atoms with Crippen molar-refractivity contribution in [3.63, 3.8) is 0 Å². The predicted octanol–water partition coefficient (Wildman–Crippen LogP) is 2.97. The Balaban J connectivity index is 1.47. The lowest BCUT2D eigenvalue weighted by Gasteiger charge is -2.24. The van der Waals surface area contributed by atoms with E-state index >= 15 is 0 Å². The van der Waals surface area contributed by atoms with Gasteiger partial charge in [-0.25, -0.2) is 0 Å². The zero-order valence-electron chi connectivity index (χ0n) is 8.99. The smallest absolute Gasteiger partial charge is 0.0545 e. The second-order valence-corrected chi connectivity index (χ2v) is 6.00. The van der Waals surface area contributed by atoms with Crippen LogP contribution in [-0.4, -0.2) is 11.2 Å². The van der Waals surface area contributed by atoms with Gasteiger partial charge in [0.2, 0.25) is 0 Å². The summed E-state index contributed by atoms with van der Waals surface area (Å²) < 4.78 is 0. The third-order valence-electron chi connectivity index (χ3n) is 4.76. The molecule has 0 aromatic heterocycles. The molecule has 0 amide bonds. The first kappa shape index (κ1) is 9.21. The van der Waals surface area contributed by atoms with Crippen molar-refractivity contribution >= 4 is 0 Å². The van der Waals surface area contributed by atoms with Gasteiger partial charge in [-0.15, -0.1) is 0 Å². The Hall–Kier alpha value is -0.0400. The first-order valence-corrected chi connectivity index (χ1v) is 6.49. The molecule has 0 saturated heterocycles. The van der Waals surface area contributed by atoms with Crippen LogP contribution in [0.1, 0.15) is 51.4 Å². The molecule has 0 heterocycles. The van der Waals surface area contributed by atoms with Crippen molar-refractivity contribution in [3.05, 3.63) is 0 Å². The van der Waals surface area contributed by atoms with Crippen LogP contribution in [0.25, 0.3) is 0 Å². The molecule has 3 saturated carbocycles. The van der Waals surface area contributed by atoms with Gasteiger partial charge in [-0.05, 0) is 55.8 Å². The van der Waals surface area contributed by atoms with Crippen LogP contribution in [0.3, 0.4) is 0 Å². The van der Waals surface area contributed by atoms with E-state index in [2.05, 4.69) is 0 Å². The maximum Gasteiger partial charge on any atom is 0.0545 e. The van der Waals surface area contributed by atoms with Gasteiger partial charge in [-0.1, -0.05) is 19.3 Å². The molecule has 1 heteroatoms. The zero-order chi connectivity index (χ0) is 9.54. The van der Waals surface area contributed by atoms with E-state index in [1.54, 1.807) is 0 Å². The average molecular weight is 194 g/mol. The molecule has 3 aliphatic carbocycles. The van der Waals surface area contributed by atoms with Crippen molar-refractivity contribution in [2.45, 2.75) is 57.5 Å². The highest BCUT2D eigenvalue weighted by Gasteiger charge is 2.40. The van der Waals surface area contributed by atoms with Crippen LogP contribution in [0.15, 0.2) is 0 Å². The summed E-state index contributed by atoms with van der Waals surface area (Å²) in [6.45, 7) is 0. The van der Waals surface area contributed by atoms with E-state index in [4.69, 9.17) is 0 Å². The third kappa shape index (κ3) is 1.84. The average Bonchev–Trinajstić information content (AvgIpc) is 2.74. The molecule has 0 radical (unpaired) electrons. The summed E-state index contributed by atoms with van der Waals surface area (Å²) in [5, 5.41) is 9.95. The molecule has 0 spiro atoms. The van der Waals surface area contributed by atoms with Gasteiger partial charge in [0.15, 0.2) is 0 Å². The van der Waals surface area contributed by atoms with Crippen LogP contribution in [0.4, 0.5) is 0 Å². The summed E-state index contributed by atoms with van der Waals surface area (Å²) in [6.07, 6.45) is 10.9. The molecule has 0 aliphatic heterocycles. The fraction of sp³-hybridized carbons (Fsp3) is 1.00. The Morgan fingerprint density at radius 1 is 1.00 bits per heavy atom. The number of rotatable bonds is 4. The van der Waals surface area contributed by atoms with Crippen LogP contribution in [0.5, 0.6) is 0 Å². The first-order valence-electron chi connectivity index (χ1n) is 6.49. The maximum absolute atomic E-state index is 9.95. The van der Waals surface area contributed by atoms with Gasteiger partial charge in [0.25, 0.3) is 0 Å². The second kappa shape index (κ2) is 3.52. The first-order chi connectivity index (χ1) is 6.81. The normalized spacial score (nSPS) is 43.1. The lowest BCUT2D eigenvalue weighted by molar-refractivity contribution is 0.111. The van der Waals surface area contributed by atoms with Crippen molar-refractivity contribution in [1.82, 2.24) is 0 Å². The Morgan fingerprint density at radius 2 is 1.86 bits per heavy atom. The lowest BCUT2D eigenvalue weighted by atomic mass is 9.84. The van der Waals surface area contributed by atoms with Gasteiger partial charge in [-0.2, -0.15) is 0 Å². The maximum atomic E-state index is 9.95. The van der Waals surface area contributed by atoms with Gasteiger partial charge in [-0.3, -0.25) is 0 Å². The van der Waals surface area contributed by atoms with E-state index in [-0.39, 0.29) is 6.10 Å². The number of hydrogen-bond donors (Lipinski definition) is 1. The van der Waals surface area contributed by atoms with Crippen molar-refractivity contribution in [2.24, 2.45) is 23.7 Å². The van der Waals surface area contributed by atoms with Gasteiger partial charge in [0.05, 0.1) is 6.10 Å². The van der Waals surface area contributed by atoms with Crippen molar-refractivity contribution < 1.29 is 5.11 Å². The molecule has 2 bridgehead atoms. The molecule has 4 atom stereocenters. The number of hydrogen-bond acceptors (Lipinski definition) is 1.